The number of carbonyl (C=O) groups is 1. The lowest BCUT2D eigenvalue weighted by Gasteiger charge is -2.20. The van der Waals surface area contributed by atoms with Crippen molar-refractivity contribution in [2.45, 2.75) is 39.3 Å². The molecule has 0 aromatic carbocycles. The number of aromatic nitrogens is 3. The minimum atomic E-state index is -0.165. The summed E-state index contributed by atoms with van der Waals surface area (Å²) in [5.74, 6) is 0.0594. The van der Waals surface area contributed by atoms with E-state index in [1.165, 1.54) is 0 Å². The van der Waals surface area contributed by atoms with E-state index < -0.39 is 0 Å². The predicted molar refractivity (Wildman–Crippen MR) is 65.2 cm³/mol. The fourth-order valence-corrected chi connectivity index (χ4v) is 1.38. The van der Waals surface area contributed by atoms with Gasteiger partial charge in [0.25, 0.3) is 0 Å². The Kier molecular flexibility index (Phi) is 4.62. The van der Waals surface area contributed by atoms with Crippen molar-refractivity contribution in [2.75, 3.05) is 6.54 Å². The summed E-state index contributed by atoms with van der Waals surface area (Å²) in [4.78, 5) is 11.5. The lowest BCUT2D eigenvalue weighted by Crippen LogP contribution is -2.41. The molecule has 0 radical (unpaired) electrons. The number of rotatable bonds is 5. The van der Waals surface area contributed by atoms with Gasteiger partial charge in [0.05, 0.1) is 5.69 Å². The van der Waals surface area contributed by atoms with Crippen molar-refractivity contribution in [3.05, 3.63) is 11.9 Å². The van der Waals surface area contributed by atoms with Gasteiger partial charge in [-0.25, -0.2) is 0 Å². The van der Waals surface area contributed by atoms with E-state index in [1.54, 1.807) is 4.68 Å². The van der Waals surface area contributed by atoms with E-state index in [0.717, 1.165) is 5.69 Å². The van der Waals surface area contributed by atoms with Crippen LogP contribution in [0.25, 0.3) is 0 Å². The van der Waals surface area contributed by atoms with E-state index in [-0.39, 0.29) is 11.4 Å². The first kappa shape index (κ1) is 13.6. The Bertz CT molecular complexity index is 366. The van der Waals surface area contributed by atoms with Crippen LogP contribution in [0.4, 0.5) is 0 Å². The number of amides is 1. The number of carbonyl (C=O) groups excluding carboxylic acids is 1. The molecule has 1 heterocycles. The molecule has 6 heteroatoms. The molecule has 17 heavy (non-hydrogen) atoms. The molecule has 0 spiro atoms. The molecule has 1 aromatic heterocycles. The molecular formula is C11H21N5O. The fourth-order valence-electron chi connectivity index (χ4n) is 1.38. The maximum Gasteiger partial charge on any atom is 0.221 e. The molecule has 0 saturated heterocycles. The monoisotopic (exact) mass is 239 g/mol. The quantitative estimate of drug-likeness (QED) is 0.721. The van der Waals surface area contributed by atoms with Gasteiger partial charge < -0.3 is 10.6 Å². The molecule has 0 saturated carbocycles. The first-order chi connectivity index (χ1) is 7.87. The highest BCUT2D eigenvalue weighted by atomic mass is 16.1. The smallest absolute Gasteiger partial charge is 0.221 e. The van der Waals surface area contributed by atoms with Crippen molar-refractivity contribution in [3.63, 3.8) is 0 Å². The van der Waals surface area contributed by atoms with Gasteiger partial charge in [-0.1, -0.05) is 5.21 Å². The van der Waals surface area contributed by atoms with Gasteiger partial charge in [-0.05, 0) is 20.8 Å². The number of nitrogens with zero attached hydrogens (tertiary/aromatic N) is 3. The second-order valence-electron chi connectivity index (χ2n) is 5.11. The lowest BCUT2D eigenvalue weighted by molar-refractivity contribution is -0.122. The average Bonchev–Trinajstić information content (AvgIpc) is 2.56. The summed E-state index contributed by atoms with van der Waals surface area (Å²) in [6, 6.07) is 0. The Hall–Kier alpha value is -1.43. The van der Waals surface area contributed by atoms with Crippen LogP contribution in [0.1, 0.15) is 32.9 Å². The largest absolute Gasteiger partial charge is 0.351 e. The van der Waals surface area contributed by atoms with E-state index in [0.29, 0.717) is 19.5 Å². The van der Waals surface area contributed by atoms with Crippen LogP contribution in [0.5, 0.6) is 0 Å². The van der Waals surface area contributed by atoms with Crippen LogP contribution in [0, 0.1) is 0 Å². The highest BCUT2D eigenvalue weighted by molar-refractivity contribution is 5.76. The highest BCUT2D eigenvalue weighted by Crippen LogP contribution is 1.98. The zero-order chi connectivity index (χ0) is 12.9. The molecule has 1 rings (SSSR count). The van der Waals surface area contributed by atoms with Crippen molar-refractivity contribution in [3.8, 4) is 0 Å². The van der Waals surface area contributed by atoms with Gasteiger partial charge in [-0.3, -0.25) is 9.48 Å². The van der Waals surface area contributed by atoms with Crippen LogP contribution in [0.15, 0.2) is 6.20 Å². The molecule has 1 amide bonds. The van der Waals surface area contributed by atoms with Gasteiger partial charge in [0.2, 0.25) is 5.91 Å². The molecule has 0 unspecified atom stereocenters. The lowest BCUT2D eigenvalue weighted by atomic mass is 10.1. The molecule has 96 valence electrons. The van der Waals surface area contributed by atoms with Gasteiger partial charge in [-0.2, -0.15) is 0 Å². The van der Waals surface area contributed by atoms with Crippen molar-refractivity contribution in [2.24, 2.45) is 7.05 Å². The topological polar surface area (TPSA) is 71.8 Å². The number of aryl methyl sites for hydroxylation is 1. The van der Waals surface area contributed by atoms with E-state index in [2.05, 4.69) is 20.9 Å². The molecular weight excluding hydrogens is 218 g/mol. The number of hydrogen-bond acceptors (Lipinski definition) is 4. The van der Waals surface area contributed by atoms with Crippen molar-refractivity contribution < 1.29 is 4.79 Å². The maximum atomic E-state index is 11.5. The van der Waals surface area contributed by atoms with E-state index in [1.807, 2.05) is 34.0 Å². The van der Waals surface area contributed by atoms with Crippen LogP contribution in [-0.4, -0.2) is 33.0 Å². The Labute approximate surface area is 102 Å². The number of hydrogen-bond donors (Lipinski definition) is 2. The summed E-state index contributed by atoms with van der Waals surface area (Å²) in [7, 11) is 1.83. The molecule has 0 aliphatic rings. The van der Waals surface area contributed by atoms with Gasteiger partial charge in [0, 0.05) is 38.3 Å². The molecule has 0 aliphatic carbocycles. The van der Waals surface area contributed by atoms with Crippen LogP contribution in [0.2, 0.25) is 0 Å². The average molecular weight is 239 g/mol. The standard InChI is InChI=1S/C11H21N5O/c1-11(2,3)13-10(17)5-6-12-7-9-8-16(4)15-14-9/h8,12H,5-7H2,1-4H3,(H,13,17). The summed E-state index contributed by atoms with van der Waals surface area (Å²) < 4.78 is 1.66. The summed E-state index contributed by atoms with van der Waals surface area (Å²) in [6.45, 7) is 7.18. The summed E-state index contributed by atoms with van der Waals surface area (Å²) >= 11 is 0. The van der Waals surface area contributed by atoms with Crippen LogP contribution in [-0.2, 0) is 18.4 Å². The highest BCUT2D eigenvalue weighted by Gasteiger charge is 2.12. The molecule has 0 atom stereocenters. The Balaban J connectivity index is 2.14. The van der Waals surface area contributed by atoms with E-state index in [4.69, 9.17) is 0 Å². The summed E-state index contributed by atoms with van der Waals surface area (Å²) in [5.41, 5.74) is 0.714. The molecule has 0 fully saturated rings. The van der Waals surface area contributed by atoms with Crippen molar-refractivity contribution in [1.29, 1.82) is 0 Å². The predicted octanol–water partition coefficient (Wildman–Crippen LogP) is 0.210. The van der Waals surface area contributed by atoms with Gasteiger partial charge in [0.15, 0.2) is 0 Å². The zero-order valence-corrected chi connectivity index (χ0v) is 10.9. The normalized spacial score (nSPS) is 11.5. The van der Waals surface area contributed by atoms with Gasteiger partial charge >= 0.3 is 0 Å². The van der Waals surface area contributed by atoms with Crippen LogP contribution in [0.3, 0.4) is 0 Å². The third kappa shape index (κ3) is 6.01. The second kappa shape index (κ2) is 5.77. The molecule has 2 N–H and O–H groups in total. The SMILES string of the molecule is Cn1cc(CNCCC(=O)NC(C)(C)C)nn1. The Morgan fingerprint density at radius 2 is 2.18 bits per heavy atom. The molecule has 6 nitrogen and oxygen atoms in total. The Morgan fingerprint density at radius 3 is 2.71 bits per heavy atom. The summed E-state index contributed by atoms with van der Waals surface area (Å²) in [5, 5.41) is 13.8. The van der Waals surface area contributed by atoms with Crippen molar-refractivity contribution in [1.82, 2.24) is 25.6 Å². The zero-order valence-electron chi connectivity index (χ0n) is 10.9. The van der Waals surface area contributed by atoms with Crippen LogP contribution >= 0.6 is 0 Å². The van der Waals surface area contributed by atoms with Gasteiger partial charge in [-0.15, -0.1) is 5.10 Å². The Morgan fingerprint density at radius 1 is 1.47 bits per heavy atom. The third-order valence-electron chi connectivity index (χ3n) is 2.00. The molecule has 0 aliphatic heterocycles. The minimum absolute atomic E-state index is 0.0594. The van der Waals surface area contributed by atoms with E-state index >= 15 is 0 Å². The summed E-state index contributed by atoms with van der Waals surface area (Å²) in [6.07, 6.45) is 2.32. The van der Waals surface area contributed by atoms with Gasteiger partial charge in [0.1, 0.15) is 0 Å². The minimum Gasteiger partial charge on any atom is -0.351 e. The first-order valence-electron chi connectivity index (χ1n) is 5.74. The van der Waals surface area contributed by atoms with Crippen LogP contribution < -0.4 is 10.6 Å². The third-order valence-corrected chi connectivity index (χ3v) is 2.00. The second-order valence-corrected chi connectivity index (χ2v) is 5.11. The fraction of sp³-hybridized carbons (Fsp3) is 0.727. The first-order valence-corrected chi connectivity index (χ1v) is 5.74. The van der Waals surface area contributed by atoms with Crippen molar-refractivity contribution >= 4 is 5.91 Å². The molecule has 0 bridgehead atoms. The maximum absolute atomic E-state index is 11.5. The van der Waals surface area contributed by atoms with E-state index in [9.17, 15) is 4.79 Å². The number of nitrogens with one attached hydrogen (secondary N) is 2. The molecule has 1 aromatic rings.